The lowest BCUT2D eigenvalue weighted by Crippen LogP contribution is -2.10. The molecule has 14 heavy (non-hydrogen) atoms. The van der Waals surface area contributed by atoms with E-state index >= 15 is 0 Å². The Morgan fingerprint density at radius 1 is 1.50 bits per heavy atom. The summed E-state index contributed by atoms with van der Waals surface area (Å²) in [5, 5.41) is 12.6. The second kappa shape index (κ2) is 2.76. The highest BCUT2D eigenvalue weighted by Crippen LogP contribution is 2.07. The van der Waals surface area contributed by atoms with Crippen molar-refractivity contribution >= 4 is 11.6 Å². The van der Waals surface area contributed by atoms with Gasteiger partial charge in [0.1, 0.15) is 0 Å². The Morgan fingerprint density at radius 2 is 2.21 bits per heavy atom. The van der Waals surface area contributed by atoms with Crippen molar-refractivity contribution in [2.45, 2.75) is 13.8 Å². The molecule has 2 heterocycles. The zero-order valence-corrected chi connectivity index (χ0v) is 7.72. The van der Waals surface area contributed by atoms with Crippen molar-refractivity contribution in [3.05, 3.63) is 23.4 Å². The van der Waals surface area contributed by atoms with E-state index in [0.717, 1.165) is 5.69 Å². The van der Waals surface area contributed by atoms with Crippen molar-refractivity contribution in [3.8, 4) is 0 Å². The van der Waals surface area contributed by atoms with Gasteiger partial charge < -0.3 is 5.11 Å². The van der Waals surface area contributed by atoms with E-state index < -0.39 is 5.97 Å². The van der Waals surface area contributed by atoms with Crippen molar-refractivity contribution in [2.75, 3.05) is 0 Å². The van der Waals surface area contributed by atoms with Gasteiger partial charge >= 0.3 is 5.97 Å². The van der Waals surface area contributed by atoms with E-state index in [4.69, 9.17) is 5.11 Å². The predicted octanol–water partition coefficient (Wildman–Crippen LogP) is 0.439. The van der Waals surface area contributed by atoms with Crippen LogP contribution in [0.1, 0.15) is 22.0 Å². The maximum atomic E-state index is 10.7. The van der Waals surface area contributed by atoms with Gasteiger partial charge in [-0.3, -0.25) is 0 Å². The second-order valence-corrected chi connectivity index (χ2v) is 2.96. The number of carboxylic acids is 1. The molecule has 1 N–H and O–H groups in total. The van der Waals surface area contributed by atoms with Crippen molar-refractivity contribution in [1.82, 2.24) is 19.6 Å². The number of nitrogens with zero attached hydrogens (tertiary/aromatic N) is 4. The third kappa shape index (κ3) is 1.12. The quantitative estimate of drug-likeness (QED) is 0.709. The Kier molecular flexibility index (Phi) is 1.70. The molecule has 0 unspecified atom stereocenters. The minimum Gasteiger partial charge on any atom is -0.475 e. The molecule has 2 aromatic heterocycles. The standard InChI is InChI=1S/C8H8N4O2/c1-4-3-9-7-5(2)10-6(8(13)14)11-12(4)7/h3H,1-2H3,(H,13,14). The van der Waals surface area contributed by atoms with Crippen LogP contribution in [0.3, 0.4) is 0 Å². The predicted molar refractivity (Wildman–Crippen MR) is 47.2 cm³/mol. The van der Waals surface area contributed by atoms with Crippen molar-refractivity contribution in [2.24, 2.45) is 0 Å². The highest BCUT2D eigenvalue weighted by molar-refractivity contribution is 5.83. The van der Waals surface area contributed by atoms with Crippen LogP contribution in [-0.4, -0.2) is 30.7 Å². The Bertz CT molecular complexity index is 517. The smallest absolute Gasteiger partial charge is 0.375 e. The third-order valence-corrected chi connectivity index (χ3v) is 1.89. The van der Waals surface area contributed by atoms with Crippen LogP contribution in [0.4, 0.5) is 0 Å². The number of fused-ring (bicyclic) bond motifs is 1. The van der Waals surface area contributed by atoms with Crippen LogP contribution in [0.25, 0.3) is 5.65 Å². The first-order chi connectivity index (χ1) is 6.59. The second-order valence-electron chi connectivity index (χ2n) is 2.96. The highest BCUT2D eigenvalue weighted by Gasteiger charge is 2.12. The lowest BCUT2D eigenvalue weighted by molar-refractivity contribution is 0.0681. The van der Waals surface area contributed by atoms with Crippen molar-refractivity contribution in [1.29, 1.82) is 0 Å². The molecule has 0 aliphatic heterocycles. The van der Waals surface area contributed by atoms with Crippen LogP contribution in [0, 0.1) is 13.8 Å². The van der Waals surface area contributed by atoms with Gasteiger partial charge in [0, 0.05) is 0 Å². The van der Waals surface area contributed by atoms with Crippen LogP contribution in [0.2, 0.25) is 0 Å². The molecule has 0 atom stereocenters. The van der Waals surface area contributed by atoms with Gasteiger partial charge in [0.2, 0.25) is 0 Å². The van der Waals surface area contributed by atoms with Gasteiger partial charge in [-0.15, -0.1) is 5.10 Å². The third-order valence-electron chi connectivity index (χ3n) is 1.89. The summed E-state index contributed by atoms with van der Waals surface area (Å²) in [7, 11) is 0. The van der Waals surface area contributed by atoms with Crippen LogP contribution < -0.4 is 0 Å². The molecule has 2 aromatic rings. The van der Waals surface area contributed by atoms with E-state index in [1.165, 1.54) is 4.52 Å². The van der Waals surface area contributed by atoms with Gasteiger partial charge in [-0.05, 0) is 13.8 Å². The number of hydrogen-bond acceptors (Lipinski definition) is 4. The molecule has 0 amide bonds. The molecule has 6 nitrogen and oxygen atoms in total. The molecule has 0 aliphatic rings. The van der Waals surface area contributed by atoms with E-state index in [1.54, 1.807) is 20.0 Å². The van der Waals surface area contributed by atoms with Gasteiger partial charge in [0.05, 0.1) is 17.6 Å². The monoisotopic (exact) mass is 192 g/mol. The highest BCUT2D eigenvalue weighted by atomic mass is 16.4. The molecular weight excluding hydrogens is 184 g/mol. The summed E-state index contributed by atoms with van der Waals surface area (Å²) in [6.07, 6.45) is 1.63. The lowest BCUT2D eigenvalue weighted by Gasteiger charge is -1.99. The minimum absolute atomic E-state index is 0.212. The molecule has 0 spiro atoms. The Morgan fingerprint density at radius 3 is 2.86 bits per heavy atom. The summed E-state index contributed by atoms with van der Waals surface area (Å²) < 4.78 is 1.48. The van der Waals surface area contributed by atoms with Crippen LogP contribution in [0.5, 0.6) is 0 Å². The first-order valence-electron chi connectivity index (χ1n) is 4.02. The number of hydrogen-bond donors (Lipinski definition) is 1. The van der Waals surface area contributed by atoms with E-state index in [9.17, 15) is 4.79 Å². The normalized spacial score (nSPS) is 10.7. The summed E-state index contributed by atoms with van der Waals surface area (Å²) in [5.74, 6) is -1.35. The molecule has 0 aromatic carbocycles. The van der Waals surface area contributed by atoms with Gasteiger partial charge in [-0.2, -0.15) is 0 Å². The molecule has 2 rings (SSSR count). The molecule has 0 fully saturated rings. The van der Waals surface area contributed by atoms with Gasteiger partial charge in [0.15, 0.2) is 5.65 Å². The zero-order valence-electron chi connectivity index (χ0n) is 7.72. The first-order valence-corrected chi connectivity index (χ1v) is 4.02. The van der Waals surface area contributed by atoms with Crippen LogP contribution >= 0.6 is 0 Å². The number of aromatic nitrogens is 4. The molecule has 0 bridgehead atoms. The molecule has 0 saturated carbocycles. The number of rotatable bonds is 1. The van der Waals surface area contributed by atoms with Crippen molar-refractivity contribution < 1.29 is 9.90 Å². The fourth-order valence-corrected chi connectivity index (χ4v) is 1.22. The SMILES string of the molecule is Cc1nc(C(=O)O)nn2c(C)cnc12. The summed E-state index contributed by atoms with van der Waals surface area (Å²) in [6, 6.07) is 0. The fraction of sp³-hybridized carbons (Fsp3) is 0.250. The molecule has 72 valence electrons. The number of carbonyl (C=O) groups is 1. The Hall–Kier alpha value is -1.98. The molecule has 0 aliphatic carbocycles. The summed E-state index contributed by atoms with van der Waals surface area (Å²) in [6.45, 7) is 3.51. The number of carboxylic acid groups (broad SMARTS) is 1. The maximum Gasteiger partial charge on any atom is 0.375 e. The topological polar surface area (TPSA) is 80.4 Å². The van der Waals surface area contributed by atoms with E-state index in [1.807, 2.05) is 0 Å². The Balaban J connectivity index is 2.82. The first kappa shape index (κ1) is 8.61. The fourth-order valence-electron chi connectivity index (χ4n) is 1.22. The van der Waals surface area contributed by atoms with E-state index in [-0.39, 0.29) is 5.82 Å². The number of imidazole rings is 1. The van der Waals surface area contributed by atoms with Gasteiger partial charge in [0.25, 0.3) is 5.82 Å². The van der Waals surface area contributed by atoms with Gasteiger partial charge in [-0.25, -0.2) is 19.3 Å². The largest absolute Gasteiger partial charge is 0.475 e. The average Bonchev–Trinajstić information content (AvgIpc) is 2.48. The zero-order chi connectivity index (χ0) is 10.3. The summed E-state index contributed by atoms with van der Waals surface area (Å²) in [4.78, 5) is 18.6. The number of aryl methyl sites for hydroxylation is 2. The molecule has 0 radical (unpaired) electrons. The average molecular weight is 192 g/mol. The summed E-state index contributed by atoms with van der Waals surface area (Å²) in [5.41, 5.74) is 1.94. The van der Waals surface area contributed by atoms with E-state index in [2.05, 4.69) is 15.1 Å². The minimum atomic E-state index is -1.14. The lowest BCUT2D eigenvalue weighted by atomic mass is 10.5. The molecule has 6 heteroatoms. The number of aromatic carboxylic acids is 1. The Labute approximate surface area is 79.2 Å². The van der Waals surface area contributed by atoms with Crippen LogP contribution in [-0.2, 0) is 0 Å². The maximum absolute atomic E-state index is 10.7. The van der Waals surface area contributed by atoms with Gasteiger partial charge in [-0.1, -0.05) is 0 Å². The van der Waals surface area contributed by atoms with E-state index in [0.29, 0.717) is 11.3 Å². The molecule has 0 saturated heterocycles. The van der Waals surface area contributed by atoms with Crippen molar-refractivity contribution in [3.63, 3.8) is 0 Å². The molecular formula is C8H8N4O2. The summed E-state index contributed by atoms with van der Waals surface area (Å²) >= 11 is 0. The van der Waals surface area contributed by atoms with Crippen LogP contribution in [0.15, 0.2) is 6.20 Å².